The predicted molar refractivity (Wildman–Crippen MR) is 125 cm³/mol. The molecule has 1 atom stereocenters. The number of hydrogen-bond donors (Lipinski definition) is 0. The largest absolute Gasteiger partial charge is 0.493 e. The number of benzene rings is 2. The van der Waals surface area contributed by atoms with E-state index in [1.54, 1.807) is 62.6 Å². The Labute approximate surface area is 198 Å². The number of halogens is 1. The summed E-state index contributed by atoms with van der Waals surface area (Å²) in [6.07, 6.45) is 1.20. The van der Waals surface area contributed by atoms with Crippen molar-refractivity contribution in [2.45, 2.75) is 32.7 Å². The van der Waals surface area contributed by atoms with Crippen molar-refractivity contribution in [1.82, 2.24) is 15.0 Å². The second-order valence-corrected chi connectivity index (χ2v) is 7.82. The van der Waals surface area contributed by atoms with Crippen molar-refractivity contribution in [2.24, 2.45) is 0 Å². The number of carbonyl (C=O) groups is 1. The van der Waals surface area contributed by atoms with Gasteiger partial charge in [0.2, 0.25) is 17.5 Å². The Morgan fingerprint density at radius 3 is 2.36 bits per heavy atom. The third-order valence-corrected chi connectivity index (χ3v) is 5.78. The van der Waals surface area contributed by atoms with Crippen molar-refractivity contribution >= 4 is 17.5 Å². The summed E-state index contributed by atoms with van der Waals surface area (Å²) in [7, 11) is 4.63. The monoisotopic (exact) mass is 473 g/mol. The molecule has 0 spiro atoms. The standard InChI is InChI=1S/C24H28ClN3O5/c1-6-15(2)28(24(29)17-9-7-8-10-18(17)25)12-11-21-26-23(27-33-21)16-13-19(30-3)22(32-5)20(14-16)31-4/h7-10,13-15H,6,11-12H2,1-5H3/t15-/m1/s1. The molecule has 0 bridgehead atoms. The van der Waals surface area contributed by atoms with Gasteiger partial charge in [0.1, 0.15) is 0 Å². The van der Waals surface area contributed by atoms with Crippen molar-refractivity contribution in [3.05, 3.63) is 52.9 Å². The highest BCUT2D eigenvalue weighted by atomic mass is 35.5. The van der Waals surface area contributed by atoms with Gasteiger partial charge in [-0.1, -0.05) is 35.8 Å². The van der Waals surface area contributed by atoms with E-state index in [2.05, 4.69) is 10.1 Å². The van der Waals surface area contributed by atoms with Crippen LogP contribution >= 0.6 is 11.6 Å². The lowest BCUT2D eigenvalue weighted by molar-refractivity contribution is 0.0686. The number of amides is 1. The second-order valence-electron chi connectivity index (χ2n) is 7.41. The van der Waals surface area contributed by atoms with Gasteiger partial charge in [0.25, 0.3) is 5.91 Å². The van der Waals surface area contributed by atoms with E-state index in [4.69, 9.17) is 30.3 Å². The highest BCUT2D eigenvalue weighted by molar-refractivity contribution is 6.33. The lowest BCUT2D eigenvalue weighted by atomic mass is 10.1. The van der Waals surface area contributed by atoms with Crippen LogP contribution in [0.5, 0.6) is 17.2 Å². The molecule has 9 heteroatoms. The Bertz CT molecular complexity index is 1080. The molecule has 0 unspecified atom stereocenters. The van der Waals surface area contributed by atoms with Crippen LogP contribution < -0.4 is 14.2 Å². The van der Waals surface area contributed by atoms with Crippen LogP contribution in [0.25, 0.3) is 11.4 Å². The number of aromatic nitrogens is 2. The van der Waals surface area contributed by atoms with Crippen molar-refractivity contribution in [3.63, 3.8) is 0 Å². The summed E-state index contributed by atoms with van der Waals surface area (Å²) in [5, 5.41) is 4.52. The number of carbonyl (C=O) groups excluding carboxylic acids is 1. The Hall–Kier alpha value is -3.26. The molecule has 0 radical (unpaired) electrons. The fraction of sp³-hybridized carbons (Fsp3) is 0.375. The van der Waals surface area contributed by atoms with Gasteiger partial charge in [0.15, 0.2) is 11.5 Å². The Kier molecular flexibility index (Phi) is 8.16. The zero-order chi connectivity index (χ0) is 24.0. The van der Waals surface area contributed by atoms with E-state index in [9.17, 15) is 4.79 Å². The predicted octanol–water partition coefficient (Wildman–Crippen LogP) is 4.90. The molecule has 1 amide bonds. The Morgan fingerprint density at radius 2 is 1.79 bits per heavy atom. The van der Waals surface area contributed by atoms with Gasteiger partial charge >= 0.3 is 0 Å². The van der Waals surface area contributed by atoms with E-state index in [0.29, 0.717) is 58.1 Å². The molecule has 2 aromatic carbocycles. The van der Waals surface area contributed by atoms with Crippen LogP contribution in [0, 0.1) is 0 Å². The van der Waals surface area contributed by atoms with Crippen molar-refractivity contribution in [1.29, 1.82) is 0 Å². The molecular weight excluding hydrogens is 446 g/mol. The van der Waals surface area contributed by atoms with E-state index in [1.807, 2.05) is 13.8 Å². The second kappa shape index (κ2) is 11.0. The van der Waals surface area contributed by atoms with Crippen molar-refractivity contribution in [2.75, 3.05) is 27.9 Å². The van der Waals surface area contributed by atoms with E-state index in [0.717, 1.165) is 6.42 Å². The highest BCUT2D eigenvalue weighted by Gasteiger charge is 2.23. The zero-order valence-electron chi connectivity index (χ0n) is 19.4. The summed E-state index contributed by atoms with van der Waals surface area (Å²) in [5.41, 5.74) is 1.13. The molecule has 0 N–H and O–H groups in total. The summed E-state index contributed by atoms with van der Waals surface area (Å²) >= 11 is 6.25. The summed E-state index contributed by atoms with van der Waals surface area (Å²) < 4.78 is 21.6. The first kappa shape index (κ1) is 24.4. The van der Waals surface area contributed by atoms with Crippen molar-refractivity contribution < 1.29 is 23.5 Å². The average Bonchev–Trinajstić information content (AvgIpc) is 3.32. The molecule has 3 rings (SSSR count). The van der Waals surface area contributed by atoms with Crippen LogP contribution in [0.3, 0.4) is 0 Å². The van der Waals surface area contributed by atoms with Gasteiger partial charge in [-0.2, -0.15) is 4.98 Å². The molecule has 3 aromatic rings. The average molecular weight is 474 g/mol. The van der Waals surface area contributed by atoms with Crippen LogP contribution in [0.1, 0.15) is 36.5 Å². The molecular formula is C24H28ClN3O5. The number of hydrogen-bond acceptors (Lipinski definition) is 7. The number of rotatable bonds is 10. The smallest absolute Gasteiger partial charge is 0.255 e. The molecule has 0 aliphatic heterocycles. The fourth-order valence-electron chi connectivity index (χ4n) is 3.43. The zero-order valence-corrected chi connectivity index (χ0v) is 20.2. The molecule has 0 fully saturated rings. The molecule has 0 saturated heterocycles. The molecule has 0 aliphatic rings. The Balaban J connectivity index is 1.80. The number of methoxy groups -OCH3 is 3. The highest BCUT2D eigenvalue weighted by Crippen LogP contribution is 2.40. The van der Waals surface area contributed by atoms with Gasteiger partial charge in [-0.05, 0) is 37.6 Å². The minimum Gasteiger partial charge on any atom is -0.493 e. The minimum atomic E-state index is -0.126. The maximum Gasteiger partial charge on any atom is 0.255 e. The molecule has 8 nitrogen and oxygen atoms in total. The van der Waals surface area contributed by atoms with Crippen LogP contribution in [0.4, 0.5) is 0 Å². The SMILES string of the molecule is CC[C@@H](C)N(CCc1nc(-c2cc(OC)c(OC)c(OC)c2)no1)C(=O)c1ccccc1Cl. The molecule has 1 aromatic heterocycles. The number of ether oxygens (including phenoxy) is 3. The fourth-order valence-corrected chi connectivity index (χ4v) is 3.65. The van der Waals surface area contributed by atoms with E-state index in [1.165, 1.54) is 0 Å². The normalized spacial score (nSPS) is 11.7. The Morgan fingerprint density at radius 1 is 1.12 bits per heavy atom. The summed E-state index contributed by atoms with van der Waals surface area (Å²) in [6, 6.07) is 10.6. The molecule has 0 saturated carbocycles. The molecule has 33 heavy (non-hydrogen) atoms. The first-order valence-corrected chi connectivity index (χ1v) is 11.0. The molecule has 1 heterocycles. The third-order valence-electron chi connectivity index (χ3n) is 5.45. The quantitative estimate of drug-likeness (QED) is 0.414. The first-order valence-electron chi connectivity index (χ1n) is 10.6. The maximum atomic E-state index is 13.2. The van der Waals surface area contributed by atoms with Gasteiger partial charge in [-0.15, -0.1) is 0 Å². The lowest BCUT2D eigenvalue weighted by Crippen LogP contribution is -2.40. The van der Waals surface area contributed by atoms with Gasteiger partial charge in [0, 0.05) is 24.6 Å². The van der Waals surface area contributed by atoms with E-state index >= 15 is 0 Å². The van der Waals surface area contributed by atoms with Crippen LogP contribution in [0.15, 0.2) is 40.9 Å². The summed E-state index contributed by atoms with van der Waals surface area (Å²) in [6.45, 7) is 4.45. The van der Waals surface area contributed by atoms with E-state index in [-0.39, 0.29) is 11.9 Å². The topological polar surface area (TPSA) is 86.9 Å². The summed E-state index contributed by atoms with van der Waals surface area (Å²) in [5.74, 6) is 2.14. The van der Waals surface area contributed by atoms with Crippen LogP contribution in [-0.4, -0.2) is 54.9 Å². The van der Waals surface area contributed by atoms with Crippen LogP contribution in [-0.2, 0) is 6.42 Å². The molecule has 176 valence electrons. The van der Waals surface area contributed by atoms with Gasteiger partial charge < -0.3 is 23.6 Å². The number of nitrogens with zero attached hydrogens (tertiary/aromatic N) is 3. The first-order chi connectivity index (χ1) is 15.9. The molecule has 0 aliphatic carbocycles. The lowest BCUT2D eigenvalue weighted by Gasteiger charge is -2.28. The van der Waals surface area contributed by atoms with Crippen LogP contribution in [0.2, 0.25) is 5.02 Å². The van der Waals surface area contributed by atoms with Crippen molar-refractivity contribution in [3.8, 4) is 28.6 Å². The van der Waals surface area contributed by atoms with Gasteiger partial charge in [-0.25, -0.2) is 0 Å². The van der Waals surface area contributed by atoms with Gasteiger partial charge in [-0.3, -0.25) is 4.79 Å². The summed E-state index contributed by atoms with van der Waals surface area (Å²) in [4.78, 5) is 19.4. The maximum absolute atomic E-state index is 13.2. The van der Waals surface area contributed by atoms with E-state index < -0.39 is 0 Å². The minimum absolute atomic E-state index is 0.0197. The van der Waals surface area contributed by atoms with Gasteiger partial charge in [0.05, 0.1) is 31.9 Å². The third kappa shape index (κ3) is 5.39.